The molecule has 1 aliphatic rings. The molecule has 1 aliphatic heterocycles. The van der Waals surface area contributed by atoms with E-state index in [0.29, 0.717) is 36.4 Å². The molecule has 2 heterocycles. The summed E-state index contributed by atoms with van der Waals surface area (Å²) in [4.78, 5) is 33.5. The first-order valence-electron chi connectivity index (χ1n) is 10.0. The number of amides is 1. The quantitative estimate of drug-likeness (QED) is 0.639. The molecule has 1 saturated heterocycles. The summed E-state index contributed by atoms with van der Waals surface area (Å²) in [5.74, 6) is -0.457. The van der Waals surface area contributed by atoms with Gasteiger partial charge < -0.3 is 14.4 Å². The summed E-state index contributed by atoms with van der Waals surface area (Å²) in [6, 6.07) is 12.3. The van der Waals surface area contributed by atoms with Gasteiger partial charge in [-0.1, -0.05) is 18.2 Å². The Balaban J connectivity index is 1.54. The van der Waals surface area contributed by atoms with E-state index < -0.39 is 23.2 Å². The van der Waals surface area contributed by atoms with Crippen molar-refractivity contribution in [1.82, 2.24) is 14.5 Å². The van der Waals surface area contributed by atoms with Gasteiger partial charge >= 0.3 is 6.18 Å². The first-order chi connectivity index (χ1) is 14.8. The summed E-state index contributed by atoms with van der Waals surface area (Å²) < 4.78 is 40.5. The van der Waals surface area contributed by atoms with Crippen molar-refractivity contribution in [3.63, 3.8) is 0 Å². The lowest BCUT2D eigenvalue weighted by Crippen LogP contribution is -2.50. The second-order valence-corrected chi connectivity index (χ2v) is 7.33. The number of anilines is 1. The molecule has 0 unspecified atom stereocenters. The molecule has 6 nitrogen and oxygen atoms in total. The molecule has 0 aliphatic carbocycles. The predicted octanol–water partition coefficient (Wildman–Crippen LogP) is 3.40. The molecule has 0 spiro atoms. The van der Waals surface area contributed by atoms with Gasteiger partial charge in [0.25, 0.3) is 11.5 Å². The van der Waals surface area contributed by atoms with Crippen LogP contribution in [0.25, 0.3) is 11.0 Å². The van der Waals surface area contributed by atoms with E-state index in [0.717, 1.165) is 12.1 Å². The zero-order valence-electron chi connectivity index (χ0n) is 16.9. The Morgan fingerprint density at radius 1 is 1.03 bits per heavy atom. The number of halogens is 3. The van der Waals surface area contributed by atoms with Crippen LogP contribution in [0, 0.1) is 0 Å². The highest BCUT2D eigenvalue weighted by Crippen LogP contribution is 2.31. The summed E-state index contributed by atoms with van der Waals surface area (Å²) in [5, 5.41) is 0. The van der Waals surface area contributed by atoms with E-state index in [1.165, 1.54) is 15.5 Å². The monoisotopic (exact) mass is 430 g/mol. The lowest BCUT2D eigenvalue weighted by molar-refractivity contribution is -0.137. The summed E-state index contributed by atoms with van der Waals surface area (Å²) in [5.41, 5.74) is 0.415. The minimum atomic E-state index is -4.41. The molecule has 3 aromatic rings. The third kappa shape index (κ3) is 3.99. The standard InChI is InChI=1S/C22H21F3N4O2/c1-2-29-18-9-4-3-8-17(18)26-19(21(29)31)20(30)28-12-10-27(11-13-28)16-7-5-6-15(14-16)22(23,24)25/h3-9,14H,2,10-13H2,1H3. The van der Waals surface area contributed by atoms with Gasteiger partial charge in [0.1, 0.15) is 0 Å². The van der Waals surface area contributed by atoms with Crippen LogP contribution in [0.5, 0.6) is 0 Å². The van der Waals surface area contributed by atoms with Crippen molar-refractivity contribution in [3.05, 3.63) is 70.1 Å². The Morgan fingerprint density at radius 2 is 1.74 bits per heavy atom. The van der Waals surface area contributed by atoms with Gasteiger partial charge in [0.15, 0.2) is 5.69 Å². The molecule has 1 amide bonds. The molecule has 1 aromatic heterocycles. The molecule has 0 atom stereocenters. The van der Waals surface area contributed by atoms with E-state index in [4.69, 9.17) is 0 Å². The number of carbonyl (C=O) groups is 1. The van der Waals surface area contributed by atoms with E-state index >= 15 is 0 Å². The van der Waals surface area contributed by atoms with Gasteiger partial charge in [0, 0.05) is 38.4 Å². The van der Waals surface area contributed by atoms with E-state index in [1.807, 2.05) is 13.0 Å². The van der Waals surface area contributed by atoms with Crippen LogP contribution in [0.2, 0.25) is 0 Å². The second-order valence-electron chi connectivity index (χ2n) is 7.33. The maximum Gasteiger partial charge on any atom is 0.416 e. The molecule has 2 aromatic carbocycles. The Hall–Kier alpha value is -3.36. The minimum absolute atomic E-state index is 0.131. The third-order valence-corrected chi connectivity index (χ3v) is 5.48. The van der Waals surface area contributed by atoms with Crippen LogP contribution in [-0.4, -0.2) is 46.5 Å². The van der Waals surface area contributed by atoms with Crippen LogP contribution in [0.4, 0.5) is 18.9 Å². The first kappa shape index (κ1) is 20.9. The Kier molecular flexibility index (Phi) is 5.43. The number of alkyl halides is 3. The Labute approximate surface area is 176 Å². The molecule has 0 N–H and O–H groups in total. The number of rotatable bonds is 3. The summed E-state index contributed by atoms with van der Waals surface area (Å²) in [6.45, 7) is 3.54. The first-order valence-corrected chi connectivity index (χ1v) is 10.0. The van der Waals surface area contributed by atoms with Crippen molar-refractivity contribution in [2.45, 2.75) is 19.6 Å². The number of aromatic nitrogens is 2. The van der Waals surface area contributed by atoms with Crippen LogP contribution >= 0.6 is 0 Å². The van der Waals surface area contributed by atoms with Crippen LogP contribution < -0.4 is 10.5 Å². The van der Waals surface area contributed by atoms with Gasteiger partial charge in [0.05, 0.1) is 16.6 Å². The lowest BCUT2D eigenvalue weighted by Gasteiger charge is -2.36. The average molecular weight is 430 g/mol. The number of fused-ring (bicyclic) bond motifs is 1. The van der Waals surface area contributed by atoms with Crippen LogP contribution in [0.15, 0.2) is 53.3 Å². The molecular formula is C22H21F3N4O2. The number of hydrogen-bond acceptors (Lipinski definition) is 4. The average Bonchev–Trinajstić information content (AvgIpc) is 2.78. The van der Waals surface area contributed by atoms with Crippen molar-refractivity contribution < 1.29 is 18.0 Å². The zero-order chi connectivity index (χ0) is 22.2. The smallest absolute Gasteiger partial charge is 0.368 e. The zero-order valence-corrected chi connectivity index (χ0v) is 16.9. The van der Waals surface area contributed by atoms with Crippen molar-refractivity contribution >= 4 is 22.6 Å². The highest BCUT2D eigenvalue weighted by molar-refractivity contribution is 5.94. The van der Waals surface area contributed by atoms with Crippen molar-refractivity contribution in [1.29, 1.82) is 0 Å². The molecule has 9 heteroatoms. The van der Waals surface area contributed by atoms with Gasteiger partial charge in [-0.15, -0.1) is 0 Å². The largest absolute Gasteiger partial charge is 0.416 e. The maximum absolute atomic E-state index is 13.0. The van der Waals surface area contributed by atoms with Crippen molar-refractivity contribution in [2.24, 2.45) is 0 Å². The van der Waals surface area contributed by atoms with Crippen LogP contribution in [0.1, 0.15) is 23.0 Å². The number of aryl methyl sites for hydroxylation is 1. The predicted molar refractivity (Wildman–Crippen MR) is 111 cm³/mol. The number of benzene rings is 2. The van der Waals surface area contributed by atoms with E-state index in [1.54, 1.807) is 29.2 Å². The van der Waals surface area contributed by atoms with Gasteiger partial charge in [-0.2, -0.15) is 13.2 Å². The van der Waals surface area contributed by atoms with Crippen LogP contribution in [0.3, 0.4) is 0 Å². The van der Waals surface area contributed by atoms with Gasteiger partial charge in [-0.25, -0.2) is 4.98 Å². The van der Waals surface area contributed by atoms with E-state index in [2.05, 4.69) is 4.98 Å². The van der Waals surface area contributed by atoms with E-state index in [-0.39, 0.29) is 18.8 Å². The Morgan fingerprint density at radius 3 is 2.42 bits per heavy atom. The topological polar surface area (TPSA) is 58.4 Å². The van der Waals surface area contributed by atoms with Gasteiger partial charge in [-0.05, 0) is 37.3 Å². The molecule has 162 valence electrons. The number of para-hydroxylation sites is 2. The normalized spacial score (nSPS) is 14.8. The molecule has 0 saturated carbocycles. The highest BCUT2D eigenvalue weighted by Gasteiger charge is 2.31. The van der Waals surface area contributed by atoms with E-state index in [9.17, 15) is 22.8 Å². The molecule has 0 radical (unpaired) electrons. The minimum Gasteiger partial charge on any atom is -0.368 e. The highest BCUT2D eigenvalue weighted by atomic mass is 19.4. The number of hydrogen-bond donors (Lipinski definition) is 0. The summed E-state index contributed by atoms with van der Waals surface area (Å²) in [6.07, 6.45) is -4.41. The fourth-order valence-corrected chi connectivity index (χ4v) is 3.84. The van der Waals surface area contributed by atoms with Gasteiger partial charge in [0.2, 0.25) is 0 Å². The number of nitrogens with zero attached hydrogens (tertiary/aromatic N) is 4. The molecule has 1 fully saturated rings. The molecule has 4 rings (SSSR count). The van der Waals surface area contributed by atoms with Crippen LogP contribution in [-0.2, 0) is 12.7 Å². The van der Waals surface area contributed by atoms with Crippen molar-refractivity contribution in [3.8, 4) is 0 Å². The maximum atomic E-state index is 13.0. The fourth-order valence-electron chi connectivity index (χ4n) is 3.84. The molecular weight excluding hydrogens is 409 g/mol. The van der Waals surface area contributed by atoms with Gasteiger partial charge in [-0.3, -0.25) is 9.59 Å². The molecule has 31 heavy (non-hydrogen) atoms. The SMILES string of the molecule is CCn1c(=O)c(C(=O)N2CCN(c3cccc(C(F)(F)F)c3)CC2)nc2ccccc21. The summed E-state index contributed by atoms with van der Waals surface area (Å²) in [7, 11) is 0. The second kappa shape index (κ2) is 8.05. The summed E-state index contributed by atoms with van der Waals surface area (Å²) >= 11 is 0. The number of carbonyl (C=O) groups excluding carboxylic acids is 1. The molecule has 0 bridgehead atoms. The Bertz CT molecular complexity index is 1180. The lowest BCUT2D eigenvalue weighted by atomic mass is 10.1. The number of piperazine rings is 1. The fraction of sp³-hybridized carbons (Fsp3) is 0.318. The van der Waals surface area contributed by atoms with Crippen molar-refractivity contribution in [2.75, 3.05) is 31.1 Å². The third-order valence-electron chi connectivity index (χ3n) is 5.48.